The maximum atomic E-state index is 13.0. The fourth-order valence-electron chi connectivity index (χ4n) is 4.51. The summed E-state index contributed by atoms with van der Waals surface area (Å²) in [5.74, 6) is -0.0620. The Morgan fingerprint density at radius 1 is 1.11 bits per heavy atom. The highest BCUT2D eigenvalue weighted by molar-refractivity contribution is 6.08. The Morgan fingerprint density at radius 2 is 1.86 bits per heavy atom. The van der Waals surface area contributed by atoms with Crippen LogP contribution in [0.3, 0.4) is 0 Å². The molecule has 1 N–H and O–H groups in total. The number of carbonyl (C=O) groups is 2. The van der Waals surface area contributed by atoms with Gasteiger partial charge in [-0.15, -0.1) is 0 Å². The molecular formula is C23H27N3O2. The number of piperidine rings is 1. The SMILES string of the molecule is CCN1c2cc(C(=O)Nc3cc(C)cc(C)c3)ccc2C(=O)N2CCCCC21. The maximum absolute atomic E-state index is 13.0. The molecule has 0 saturated carbocycles. The minimum absolute atomic E-state index is 0.0886. The predicted octanol–water partition coefficient (Wildman–Crippen LogP) is 4.35. The van der Waals surface area contributed by atoms with Crippen LogP contribution in [0.1, 0.15) is 58.0 Å². The normalized spacial score (nSPS) is 18.5. The second kappa shape index (κ2) is 7.30. The van der Waals surface area contributed by atoms with Crippen LogP contribution in [0, 0.1) is 13.8 Å². The minimum Gasteiger partial charge on any atom is -0.351 e. The zero-order valence-electron chi connectivity index (χ0n) is 16.8. The van der Waals surface area contributed by atoms with Gasteiger partial charge in [0, 0.05) is 24.3 Å². The van der Waals surface area contributed by atoms with E-state index in [1.54, 1.807) is 6.07 Å². The largest absolute Gasteiger partial charge is 0.351 e. The first kappa shape index (κ1) is 18.5. The van der Waals surface area contributed by atoms with Gasteiger partial charge in [0.25, 0.3) is 11.8 Å². The van der Waals surface area contributed by atoms with Crippen LogP contribution in [0.2, 0.25) is 0 Å². The van der Waals surface area contributed by atoms with Gasteiger partial charge in [-0.1, -0.05) is 6.07 Å². The maximum Gasteiger partial charge on any atom is 0.257 e. The van der Waals surface area contributed by atoms with Crippen molar-refractivity contribution in [2.45, 2.75) is 46.2 Å². The Balaban J connectivity index is 1.66. The Morgan fingerprint density at radius 3 is 2.57 bits per heavy atom. The average Bonchev–Trinajstić information content (AvgIpc) is 2.67. The van der Waals surface area contributed by atoms with Crippen molar-refractivity contribution >= 4 is 23.2 Å². The number of rotatable bonds is 3. The first-order chi connectivity index (χ1) is 13.5. The number of benzene rings is 2. The molecule has 5 heteroatoms. The molecule has 2 heterocycles. The summed E-state index contributed by atoms with van der Waals surface area (Å²) in [4.78, 5) is 30.1. The predicted molar refractivity (Wildman–Crippen MR) is 112 cm³/mol. The Labute approximate surface area is 166 Å². The van der Waals surface area contributed by atoms with Gasteiger partial charge in [0.2, 0.25) is 0 Å². The summed E-state index contributed by atoms with van der Waals surface area (Å²) in [6.45, 7) is 7.76. The number of amides is 2. The Kier molecular flexibility index (Phi) is 4.84. The van der Waals surface area contributed by atoms with Gasteiger partial charge in [0.1, 0.15) is 6.17 Å². The number of hydrogen-bond acceptors (Lipinski definition) is 3. The second-order valence-corrected chi connectivity index (χ2v) is 7.82. The van der Waals surface area contributed by atoms with Crippen LogP contribution in [0.5, 0.6) is 0 Å². The van der Waals surface area contributed by atoms with E-state index in [1.807, 2.05) is 43.0 Å². The van der Waals surface area contributed by atoms with Crippen LogP contribution in [-0.4, -0.2) is 36.0 Å². The van der Waals surface area contributed by atoms with E-state index in [0.717, 1.165) is 54.9 Å². The zero-order chi connectivity index (χ0) is 19.8. The highest BCUT2D eigenvalue weighted by Crippen LogP contribution is 2.35. The summed E-state index contributed by atoms with van der Waals surface area (Å²) in [5.41, 5.74) is 5.17. The number of fused-ring (bicyclic) bond motifs is 2. The zero-order valence-corrected chi connectivity index (χ0v) is 16.8. The van der Waals surface area contributed by atoms with E-state index in [9.17, 15) is 9.59 Å². The third-order valence-electron chi connectivity index (χ3n) is 5.71. The van der Waals surface area contributed by atoms with Crippen molar-refractivity contribution in [3.63, 3.8) is 0 Å². The van der Waals surface area contributed by atoms with Crippen molar-refractivity contribution in [2.24, 2.45) is 0 Å². The number of aryl methyl sites for hydroxylation is 2. The van der Waals surface area contributed by atoms with Crippen LogP contribution in [-0.2, 0) is 0 Å². The lowest BCUT2D eigenvalue weighted by atomic mass is 9.97. The van der Waals surface area contributed by atoms with Gasteiger partial charge in [-0.25, -0.2) is 0 Å². The van der Waals surface area contributed by atoms with E-state index >= 15 is 0 Å². The van der Waals surface area contributed by atoms with Crippen molar-refractivity contribution in [1.82, 2.24) is 4.90 Å². The molecule has 1 saturated heterocycles. The second-order valence-electron chi connectivity index (χ2n) is 7.82. The number of hydrogen-bond donors (Lipinski definition) is 1. The molecule has 28 heavy (non-hydrogen) atoms. The van der Waals surface area contributed by atoms with Crippen molar-refractivity contribution in [3.05, 3.63) is 58.7 Å². The lowest BCUT2D eigenvalue weighted by Gasteiger charge is -2.47. The number of nitrogens with zero attached hydrogens (tertiary/aromatic N) is 2. The molecular weight excluding hydrogens is 350 g/mol. The van der Waals surface area contributed by atoms with E-state index in [1.165, 1.54) is 0 Å². The first-order valence-electron chi connectivity index (χ1n) is 10.1. The van der Waals surface area contributed by atoms with E-state index in [2.05, 4.69) is 23.2 Å². The molecule has 146 valence electrons. The van der Waals surface area contributed by atoms with Crippen LogP contribution in [0.15, 0.2) is 36.4 Å². The molecule has 4 rings (SSSR count). The van der Waals surface area contributed by atoms with Crippen molar-refractivity contribution < 1.29 is 9.59 Å². The molecule has 2 aromatic carbocycles. The summed E-state index contributed by atoms with van der Waals surface area (Å²) >= 11 is 0. The fourth-order valence-corrected chi connectivity index (χ4v) is 4.51. The molecule has 5 nitrogen and oxygen atoms in total. The number of anilines is 2. The van der Waals surface area contributed by atoms with Crippen LogP contribution in [0.25, 0.3) is 0 Å². The Hall–Kier alpha value is -2.82. The molecule has 0 aliphatic carbocycles. The molecule has 2 aliphatic heterocycles. The molecule has 2 aliphatic rings. The van der Waals surface area contributed by atoms with Gasteiger partial charge in [-0.3, -0.25) is 9.59 Å². The van der Waals surface area contributed by atoms with E-state index in [4.69, 9.17) is 0 Å². The van der Waals surface area contributed by atoms with Gasteiger partial charge in [-0.05, 0) is 81.5 Å². The van der Waals surface area contributed by atoms with Gasteiger partial charge in [0.05, 0.1) is 11.3 Å². The minimum atomic E-state index is -0.151. The van der Waals surface area contributed by atoms with Crippen LogP contribution in [0.4, 0.5) is 11.4 Å². The summed E-state index contributed by atoms with van der Waals surface area (Å²) in [5, 5.41) is 2.99. The quantitative estimate of drug-likeness (QED) is 0.865. The standard InChI is InChI=1S/C23H27N3O2/c1-4-25-20-14-17(22(27)24-18-12-15(2)11-16(3)13-18)8-9-19(20)23(28)26-10-6-5-7-21(25)26/h8-9,11-14,21H,4-7,10H2,1-3H3,(H,24,27). The lowest BCUT2D eigenvalue weighted by Crippen LogP contribution is -2.57. The Bertz CT molecular complexity index is 917. The highest BCUT2D eigenvalue weighted by Gasteiger charge is 2.38. The number of nitrogens with one attached hydrogen (secondary N) is 1. The third kappa shape index (κ3) is 3.26. The average molecular weight is 377 g/mol. The molecule has 0 spiro atoms. The summed E-state index contributed by atoms with van der Waals surface area (Å²) in [6, 6.07) is 11.4. The summed E-state index contributed by atoms with van der Waals surface area (Å²) < 4.78 is 0. The summed E-state index contributed by atoms with van der Waals surface area (Å²) in [6.07, 6.45) is 3.29. The molecule has 0 aromatic heterocycles. The van der Waals surface area contributed by atoms with Gasteiger partial charge < -0.3 is 15.1 Å². The smallest absolute Gasteiger partial charge is 0.257 e. The van der Waals surface area contributed by atoms with Crippen molar-refractivity contribution in [1.29, 1.82) is 0 Å². The fraction of sp³-hybridized carbons (Fsp3) is 0.391. The van der Waals surface area contributed by atoms with E-state index < -0.39 is 0 Å². The monoisotopic (exact) mass is 377 g/mol. The number of carbonyl (C=O) groups excluding carboxylic acids is 2. The lowest BCUT2D eigenvalue weighted by molar-refractivity contribution is 0.0582. The molecule has 2 amide bonds. The first-order valence-corrected chi connectivity index (χ1v) is 10.1. The van der Waals surface area contributed by atoms with Gasteiger partial charge in [-0.2, -0.15) is 0 Å². The molecule has 1 fully saturated rings. The molecule has 0 bridgehead atoms. The van der Waals surface area contributed by atoms with Crippen LogP contribution >= 0.6 is 0 Å². The highest BCUT2D eigenvalue weighted by atomic mass is 16.2. The van der Waals surface area contributed by atoms with E-state index in [-0.39, 0.29) is 18.0 Å². The third-order valence-corrected chi connectivity index (χ3v) is 5.71. The van der Waals surface area contributed by atoms with Crippen molar-refractivity contribution in [3.8, 4) is 0 Å². The van der Waals surface area contributed by atoms with Crippen LogP contribution < -0.4 is 10.2 Å². The molecule has 1 atom stereocenters. The van der Waals surface area contributed by atoms with Gasteiger partial charge >= 0.3 is 0 Å². The van der Waals surface area contributed by atoms with Gasteiger partial charge in [0.15, 0.2) is 0 Å². The summed E-state index contributed by atoms with van der Waals surface area (Å²) in [7, 11) is 0. The van der Waals surface area contributed by atoms with E-state index in [0.29, 0.717) is 11.1 Å². The molecule has 1 unspecified atom stereocenters. The molecule has 2 aromatic rings. The topological polar surface area (TPSA) is 52.7 Å². The molecule has 0 radical (unpaired) electrons. The van der Waals surface area contributed by atoms with Crippen molar-refractivity contribution in [2.75, 3.05) is 23.3 Å².